The molecule has 2 fully saturated rings. The van der Waals surface area contributed by atoms with Crippen molar-refractivity contribution in [3.8, 4) is 0 Å². The van der Waals surface area contributed by atoms with Crippen molar-refractivity contribution < 1.29 is 19.5 Å². The average Bonchev–Trinajstić information content (AvgIpc) is 3.13. The molecule has 0 aromatic heterocycles. The third kappa shape index (κ3) is 3.95. The SMILES string of the molecule is CC(C)C[C@@H](NC(=O)C1CCCN1C(=O)C1CC1)C(=O)O. The lowest BCUT2D eigenvalue weighted by molar-refractivity contribution is -0.144. The van der Waals surface area contributed by atoms with Crippen LogP contribution in [0.15, 0.2) is 0 Å². The fourth-order valence-electron chi connectivity index (χ4n) is 2.83. The first-order valence-electron chi connectivity index (χ1n) is 7.73. The van der Waals surface area contributed by atoms with E-state index in [1.807, 2.05) is 13.8 Å². The van der Waals surface area contributed by atoms with Gasteiger partial charge in [-0.3, -0.25) is 9.59 Å². The summed E-state index contributed by atoms with van der Waals surface area (Å²) in [6.45, 7) is 4.44. The van der Waals surface area contributed by atoms with Gasteiger partial charge in [0, 0.05) is 12.5 Å². The van der Waals surface area contributed by atoms with Crippen LogP contribution in [0.1, 0.15) is 46.0 Å². The molecular weight excluding hydrogens is 272 g/mol. The molecule has 2 N–H and O–H groups in total. The smallest absolute Gasteiger partial charge is 0.326 e. The molecule has 1 saturated heterocycles. The monoisotopic (exact) mass is 296 g/mol. The molecule has 21 heavy (non-hydrogen) atoms. The summed E-state index contributed by atoms with van der Waals surface area (Å²) in [6.07, 6.45) is 3.64. The van der Waals surface area contributed by atoms with E-state index >= 15 is 0 Å². The molecule has 0 bridgehead atoms. The molecule has 0 radical (unpaired) electrons. The van der Waals surface area contributed by atoms with Crippen LogP contribution in [0.4, 0.5) is 0 Å². The van der Waals surface area contributed by atoms with E-state index in [9.17, 15) is 19.5 Å². The maximum Gasteiger partial charge on any atom is 0.326 e. The Bertz CT molecular complexity index is 431. The van der Waals surface area contributed by atoms with Crippen molar-refractivity contribution >= 4 is 17.8 Å². The van der Waals surface area contributed by atoms with Crippen molar-refractivity contribution in [2.75, 3.05) is 6.54 Å². The number of carbonyl (C=O) groups excluding carboxylic acids is 2. The standard InChI is InChI=1S/C15H24N2O4/c1-9(2)8-11(15(20)21)16-13(18)12-4-3-7-17(12)14(19)10-5-6-10/h9-12H,3-8H2,1-2H3,(H,16,18)(H,20,21)/t11-,12?/m1/s1. The van der Waals surface area contributed by atoms with Crippen LogP contribution < -0.4 is 5.32 Å². The molecule has 118 valence electrons. The minimum atomic E-state index is -1.02. The van der Waals surface area contributed by atoms with Crippen LogP contribution in [-0.2, 0) is 14.4 Å². The molecule has 0 aromatic carbocycles. The summed E-state index contributed by atoms with van der Waals surface area (Å²) in [4.78, 5) is 37.3. The first-order chi connectivity index (χ1) is 9.90. The van der Waals surface area contributed by atoms with Crippen molar-refractivity contribution in [1.82, 2.24) is 10.2 Å². The van der Waals surface area contributed by atoms with Gasteiger partial charge in [-0.15, -0.1) is 0 Å². The van der Waals surface area contributed by atoms with Gasteiger partial charge in [-0.1, -0.05) is 13.8 Å². The second-order valence-corrected chi connectivity index (χ2v) is 6.49. The zero-order chi connectivity index (χ0) is 15.6. The Morgan fingerprint density at radius 2 is 1.90 bits per heavy atom. The number of carbonyl (C=O) groups is 3. The first kappa shape index (κ1) is 15.8. The molecule has 1 unspecified atom stereocenters. The van der Waals surface area contributed by atoms with E-state index in [0.717, 1.165) is 19.3 Å². The second-order valence-electron chi connectivity index (χ2n) is 6.49. The number of amides is 2. The largest absolute Gasteiger partial charge is 0.480 e. The second kappa shape index (κ2) is 6.45. The molecule has 6 heteroatoms. The number of rotatable bonds is 6. The third-order valence-electron chi connectivity index (χ3n) is 4.09. The highest BCUT2D eigenvalue weighted by atomic mass is 16.4. The Balaban J connectivity index is 1.97. The zero-order valence-corrected chi connectivity index (χ0v) is 12.7. The van der Waals surface area contributed by atoms with E-state index < -0.39 is 18.1 Å². The van der Waals surface area contributed by atoms with Crippen molar-refractivity contribution in [3.63, 3.8) is 0 Å². The molecule has 1 saturated carbocycles. The van der Waals surface area contributed by atoms with Gasteiger partial charge in [-0.25, -0.2) is 4.79 Å². The molecule has 1 aliphatic heterocycles. The molecule has 1 aliphatic carbocycles. The third-order valence-corrected chi connectivity index (χ3v) is 4.09. The summed E-state index contributed by atoms with van der Waals surface area (Å²) < 4.78 is 0. The van der Waals surface area contributed by atoms with Crippen LogP contribution in [0.3, 0.4) is 0 Å². The predicted molar refractivity (Wildman–Crippen MR) is 76.5 cm³/mol. The average molecular weight is 296 g/mol. The number of hydrogen-bond acceptors (Lipinski definition) is 3. The van der Waals surface area contributed by atoms with Crippen molar-refractivity contribution in [2.24, 2.45) is 11.8 Å². The van der Waals surface area contributed by atoms with Gasteiger partial charge in [0.25, 0.3) is 0 Å². The molecule has 2 aliphatic rings. The maximum atomic E-state index is 12.3. The quantitative estimate of drug-likeness (QED) is 0.765. The zero-order valence-electron chi connectivity index (χ0n) is 12.7. The minimum absolute atomic E-state index is 0.0587. The summed E-state index contributed by atoms with van der Waals surface area (Å²) in [5.41, 5.74) is 0. The van der Waals surface area contributed by atoms with Crippen LogP contribution in [0.25, 0.3) is 0 Å². The highest BCUT2D eigenvalue weighted by Gasteiger charge is 2.41. The highest BCUT2D eigenvalue weighted by Crippen LogP contribution is 2.33. The van der Waals surface area contributed by atoms with Gasteiger partial charge in [0.1, 0.15) is 12.1 Å². The van der Waals surface area contributed by atoms with Gasteiger partial charge in [0.2, 0.25) is 11.8 Å². The lowest BCUT2D eigenvalue weighted by atomic mass is 10.0. The first-order valence-corrected chi connectivity index (χ1v) is 7.73. The molecule has 0 aromatic rings. The van der Waals surface area contributed by atoms with Crippen molar-refractivity contribution in [1.29, 1.82) is 0 Å². The topological polar surface area (TPSA) is 86.7 Å². The van der Waals surface area contributed by atoms with Gasteiger partial charge in [0.05, 0.1) is 0 Å². The van der Waals surface area contributed by atoms with Gasteiger partial charge >= 0.3 is 5.97 Å². The number of nitrogens with one attached hydrogen (secondary N) is 1. The predicted octanol–water partition coefficient (Wildman–Crippen LogP) is 1.00. The van der Waals surface area contributed by atoms with Crippen LogP contribution in [0, 0.1) is 11.8 Å². The number of hydrogen-bond donors (Lipinski definition) is 2. The van der Waals surface area contributed by atoms with E-state index in [1.165, 1.54) is 0 Å². The Morgan fingerprint density at radius 1 is 1.24 bits per heavy atom. The summed E-state index contributed by atoms with van der Waals surface area (Å²) >= 11 is 0. The van der Waals surface area contributed by atoms with E-state index in [2.05, 4.69) is 5.32 Å². The maximum absolute atomic E-state index is 12.3. The summed E-state index contributed by atoms with van der Waals surface area (Å²) in [7, 11) is 0. The Labute approximate surface area is 124 Å². The minimum Gasteiger partial charge on any atom is -0.480 e. The molecule has 0 spiro atoms. The van der Waals surface area contributed by atoms with Gasteiger partial charge < -0.3 is 15.3 Å². The molecule has 2 rings (SSSR count). The van der Waals surface area contributed by atoms with Crippen molar-refractivity contribution in [3.05, 3.63) is 0 Å². The summed E-state index contributed by atoms with van der Waals surface area (Å²) in [5.74, 6) is -1.02. The number of carboxylic acid groups (broad SMARTS) is 1. The number of nitrogens with zero attached hydrogens (tertiary/aromatic N) is 1. The van der Waals surface area contributed by atoms with E-state index in [0.29, 0.717) is 19.4 Å². The van der Waals surface area contributed by atoms with Crippen LogP contribution in [0.5, 0.6) is 0 Å². The number of likely N-dealkylation sites (tertiary alicyclic amines) is 1. The van der Waals surface area contributed by atoms with Gasteiger partial charge in [0.15, 0.2) is 0 Å². The van der Waals surface area contributed by atoms with Gasteiger partial charge in [-0.05, 0) is 38.0 Å². The normalized spacial score (nSPS) is 23.2. The van der Waals surface area contributed by atoms with Crippen LogP contribution >= 0.6 is 0 Å². The molecule has 2 atom stereocenters. The fraction of sp³-hybridized carbons (Fsp3) is 0.800. The fourth-order valence-corrected chi connectivity index (χ4v) is 2.83. The Kier molecular flexibility index (Phi) is 4.85. The van der Waals surface area contributed by atoms with E-state index in [4.69, 9.17) is 0 Å². The molecule has 6 nitrogen and oxygen atoms in total. The number of carboxylic acids is 1. The summed E-state index contributed by atoms with van der Waals surface area (Å²) in [5, 5.41) is 11.8. The van der Waals surface area contributed by atoms with Crippen LogP contribution in [-0.4, -0.2) is 46.4 Å². The molecular formula is C15H24N2O4. The Hall–Kier alpha value is -1.59. The van der Waals surface area contributed by atoms with Crippen LogP contribution in [0.2, 0.25) is 0 Å². The molecule has 2 amide bonds. The van der Waals surface area contributed by atoms with E-state index in [-0.39, 0.29) is 23.7 Å². The lowest BCUT2D eigenvalue weighted by Crippen LogP contribution is -2.51. The lowest BCUT2D eigenvalue weighted by Gasteiger charge is -2.26. The number of aliphatic carboxylic acids is 1. The van der Waals surface area contributed by atoms with Crippen molar-refractivity contribution in [2.45, 2.75) is 58.0 Å². The Morgan fingerprint density at radius 3 is 2.43 bits per heavy atom. The summed E-state index contributed by atoms with van der Waals surface area (Å²) in [6, 6.07) is -1.37. The molecule has 1 heterocycles. The van der Waals surface area contributed by atoms with E-state index in [1.54, 1.807) is 4.90 Å². The highest BCUT2D eigenvalue weighted by molar-refractivity contribution is 5.92. The van der Waals surface area contributed by atoms with Gasteiger partial charge in [-0.2, -0.15) is 0 Å².